The molecular weight excluding hydrogens is 304 g/mol. The largest absolute Gasteiger partial charge is 0.486 e. The van der Waals surface area contributed by atoms with E-state index in [1.54, 1.807) is 12.4 Å². The Morgan fingerprint density at radius 2 is 2.29 bits per heavy atom. The Kier molecular flexibility index (Phi) is 4.44. The summed E-state index contributed by atoms with van der Waals surface area (Å²) in [4.78, 5) is 18.6. The van der Waals surface area contributed by atoms with Crippen LogP contribution >= 0.6 is 0 Å². The van der Waals surface area contributed by atoms with E-state index < -0.39 is 0 Å². The molecule has 1 aliphatic carbocycles. The second-order valence-electron chi connectivity index (χ2n) is 7.55. The van der Waals surface area contributed by atoms with E-state index in [4.69, 9.17) is 9.47 Å². The average molecular weight is 330 g/mol. The molecule has 5 nitrogen and oxygen atoms in total. The number of likely N-dealkylation sites (tertiary alicyclic amines) is 1. The Hall–Kier alpha value is -1.62. The van der Waals surface area contributed by atoms with Crippen molar-refractivity contribution in [3.8, 4) is 5.75 Å². The van der Waals surface area contributed by atoms with Crippen molar-refractivity contribution in [2.75, 3.05) is 19.7 Å². The molecular formula is C19H26N2O3. The van der Waals surface area contributed by atoms with Gasteiger partial charge in [-0.25, -0.2) is 0 Å². The lowest BCUT2D eigenvalue weighted by atomic mass is 9.98. The van der Waals surface area contributed by atoms with Crippen LogP contribution in [0.15, 0.2) is 24.5 Å². The van der Waals surface area contributed by atoms with E-state index in [1.807, 2.05) is 17.0 Å². The van der Waals surface area contributed by atoms with Crippen LogP contribution < -0.4 is 4.74 Å². The minimum Gasteiger partial charge on any atom is -0.486 e. The molecule has 1 aromatic rings. The van der Waals surface area contributed by atoms with Crippen molar-refractivity contribution in [2.24, 2.45) is 5.92 Å². The van der Waals surface area contributed by atoms with Crippen LogP contribution in [0.25, 0.3) is 0 Å². The number of aromatic nitrogens is 1. The molecule has 24 heavy (non-hydrogen) atoms. The van der Waals surface area contributed by atoms with Crippen molar-refractivity contribution in [2.45, 2.75) is 56.7 Å². The van der Waals surface area contributed by atoms with E-state index >= 15 is 0 Å². The van der Waals surface area contributed by atoms with Crippen molar-refractivity contribution in [1.82, 2.24) is 9.88 Å². The summed E-state index contributed by atoms with van der Waals surface area (Å²) in [5.74, 6) is 1.72. The van der Waals surface area contributed by atoms with E-state index in [0.29, 0.717) is 18.4 Å². The second-order valence-corrected chi connectivity index (χ2v) is 7.55. The Morgan fingerprint density at radius 3 is 3.08 bits per heavy atom. The maximum atomic E-state index is 12.5. The van der Waals surface area contributed by atoms with Gasteiger partial charge in [-0.15, -0.1) is 0 Å². The van der Waals surface area contributed by atoms with Gasteiger partial charge in [-0.3, -0.25) is 9.78 Å². The first-order chi connectivity index (χ1) is 11.7. The van der Waals surface area contributed by atoms with Crippen LogP contribution in [0, 0.1) is 5.92 Å². The quantitative estimate of drug-likeness (QED) is 0.852. The zero-order valence-electron chi connectivity index (χ0n) is 14.2. The van der Waals surface area contributed by atoms with Gasteiger partial charge in [0.1, 0.15) is 11.9 Å². The van der Waals surface area contributed by atoms with Crippen LogP contribution in [0.1, 0.15) is 44.9 Å². The highest BCUT2D eigenvalue weighted by Gasteiger charge is 2.47. The molecule has 1 spiro atoms. The van der Waals surface area contributed by atoms with Gasteiger partial charge in [0.15, 0.2) is 0 Å². The zero-order chi connectivity index (χ0) is 16.4. The first-order valence-electron chi connectivity index (χ1n) is 9.21. The smallest absolute Gasteiger partial charge is 0.222 e. The molecule has 2 aliphatic heterocycles. The number of carbonyl (C=O) groups excluding carboxylic acids is 1. The third-order valence-corrected chi connectivity index (χ3v) is 5.72. The van der Waals surface area contributed by atoms with Gasteiger partial charge >= 0.3 is 0 Å². The molecule has 0 aromatic carbocycles. The first-order valence-corrected chi connectivity index (χ1v) is 9.21. The summed E-state index contributed by atoms with van der Waals surface area (Å²) in [6, 6.07) is 3.80. The van der Waals surface area contributed by atoms with Gasteiger partial charge in [0.2, 0.25) is 5.91 Å². The van der Waals surface area contributed by atoms with Gasteiger partial charge in [0.05, 0.1) is 18.4 Å². The third kappa shape index (κ3) is 3.41. The topological polar surface area (TPSA) is 51.7 Å². The van der Waals surface area contributed by atoms with Crippen LogP contribution in [-0.2, 0) is 9.53 Å². The van der Waals surface area contributed by atoms with Crippen LogP contribution in [-0.4, -0.2) is 47.2 Å². The van der Waals surface area contributed by atoms with Gasteiger partial charge < -0.3 is 14.4 Å². The van der Waals surface area contributed by atoms with Crippen molar-refractivity contribution in [1.29, 1.82) is 0 Å². The summed E-state index contributed by atoms with van der Waals surface area (Å²) < 4.78 is 12.1. The average Bonchev–Trinajstić information content (AvgIpc) is 3.32. The molecule has 1 amide bonds. The standard InChI is InChI=1S/C19H26N2O3/c22-18(10-15-4-1-2-5-15)21-9-7-19(14-21)11-17(13-23-19)24-16-6-3-8-20-12-16/h3,6,8,12,15,17H,1-2,4-5,7,9-11,13-14H2. The summed E-state index contributed by atoms with van der Waals surface area (Å²) >= 11 is 0. The summed E-state index contributed by atoms with van der Waals surface area (Å²) in [6.45, 7) is 2.15. The van der Waals surface area contributed by atoms with Crippen molar-refractivity contribution < 1.29 is 14.3 Å². The molecule has 1 saturated carbocycles. The predicted octanol–water partition coefficient (Wildman–Crippen LogP) is 2.80. The lowest BCUT2D eigenvalue weighted by Gasteiger charge is -2.24. The van der Waals surface area contributed by atoms with E-state index in [0.717, 1.165) is 38.1 Å². The highest BCUT2D eigenvalue weighted by atomic mass is 16.6. The van der Waals surface area contributed by atoms with Gasteiger partial charge in [0, 0.05) is 32.1 Å². The lowest BCUT2D eigenvalue weighted by molar-refractivity contribution is -0.132. The van der Waals surface area contributed by atoms with Crippen molar-refractivity contribution in [3.05, 3.63) is 24.5 Å². The van der Waals surface area contributed by atoms with Crippen molar-refractivity contribution >= 4 is 5.91 Å². The molecule has 0 N–H and O–H groups in total. The summed E-state index contributed by atoms with van der Waals surface area (Å²) in [5, 5.41) is 0. The number of hydrogen-bond donors (Lipinski definition) is 0. The Bertz CT molecular complexity index is 573. The zero-order valence-corrected chi connectivity index (χ0v) is 14.2. The fourth-order valence-electron chi connectivity index (χ4n) is 4.42. The van der Waals surface area contributed by atoms with Crippen LogP contribution in [0.3, 0.4) is 0 Å². The van der Waals surface area contributed by atoms with E-state index in [1.165, 1.54) is 25.7 Å². The fourth-order valence-corrected chi connectivity index (χ4v) is 4.42. The molecule has 130 valence electrons. The normalized spacial score (nSPS) is 30.3. The molecule has 2 unspecified atom stereocenters. The number of nitrogens with zero attached hydrogens (tertiary/aromatic N) is 2. The van der Waals surface area contributed by atoms with Gasteiger partial charge in [-0.1, -0.05) is 12.8 Å². The minimum atomic E-state index is -0.196. The van der Waals surface area contributed by atoms with Gasteiger partial charge in [-0.2, -0.15) is 0 Å². The minimum absolute atomic E-state index is 0.0547. The van der Waals surface area contributed by atoms with Gasteiger partial charge in [0.25, 0.3) is 0 Å². The Morgan fingerprint density at radius 1 is 1.42 bits per heavy atom. The molecule has 3 heterocycles. The number of hydrogen-bond acceptors (Lipinski definition) is 4. The molecule has 1 aromatic heterocycles. The number of carbonyl (C=O) groups is 1. The molecule has 0 radical (unpaired) electrons. The molecule has 3 aliphatic rings. The molecule has 5 heteroatoms. The molecule has 2 saturated heterocycles. The van der Waals surface area contributed by atoms with Gasteiger partial charge in [-0.05, 0) is 37.3 Å². The lowest BCUT2D eigenvalue weighted by Crippen LogP contribution is -2.36. The van der Waals surface area contributed by atoms with E-state index in [9.17, 15) is 4.79 Å². The molecule has 2 atom stereocenters. The number of rotatable bonds is 4. The SMILES string of the molecule is O=C(CC1CCCC1)N1CCC2(CC(Oc3cccnc3)CO2)C1. The van der Waals surface area contributed by atoms with E-state index in [-0.39, 0.29) is 11.7 Å². The summed E-state index contributed by atoms with van der Waals surface area (Å²) in [5.41, 5.74) is -0.196. The van der Waals surface area contributed by atoms with Crippen LogP contribution in [0.2, 0.25) is 0 Å². The summed E-state index contributed by atoms with van der Waals surface area (Å²) in [7, 11) is 0. The predicted molar refractivity (Wildman–Crippen MR) is 89.7 cm³/mol. The van der Waals surface area contributed by atoms with Crippen LogP contribution in [0.5, 0.6) is 5.75 Å². The number of pyridine rings is 1. The van der Waals surface area contributed by atoms with Crippen molar-refractivity contribution in [3.63, 3.8) is 0 Å². The molecule has 4 rings (SSSR count). The van der Waals surface area contributed by atoms with E-state index in [2.05, 4.69) is 4.98 Å². The monoisotopic (exact) mass is 330 g/mol. The maximum Gasteiger partial charge on any atom is 0.222 e. The first kappa shape index (κ1) is 15.9. The number of ether oxygens (including phenoxy) is 2. The maximum absolute atomic E-state index is 12.5. The highest BCUT2D eigenvalue weighted by Crippen LogP contribution is 2.37. The second kappa shape index (κ2) is 6.71. The number of amides is 1. The molecule has 3 fully saturated rings. The molecule has 0 bridgehead atoms. The summed E-state index contributed by atoms with van der Waals surface area (Å²) in [6.07, 6.45) is 11.1. The Balaban J connectivity index is 1.30. The van der Waals surface area contributed by atoms with Crippen LogP contribution in [0.4, 0.5) is 0 Å². The fraction of sp³-hybridized carbons (Fsp3) is 0.684. The third-order valence-electron chi connectivity index (χ3n) is 5.72. The highest BCUT2D eigenvalue weighted by molar-refractivity contribution is 5.77. The Labute approximate surface area is 143 Å².